The number of nitrogens with one attached hydrogen (secondary N) is 1. The molecule has 1 aromatic carbocycles. The molecule has 0 aliphatic carbocycles. The number of hydrogen-bond donors (Lipinski definition) is 1. The highest BCUT2D eigenvalue weighted by molar-refractivity contribution is 7.99. The number of thioether (sulfide) groups is 1. The van der Waals surface area contributed by atoms with Gasteiger partial charge in [-0.05, 0) is 30.0 Å². The van der Waals surface area contributed by atoms with Crippen molar-refractivity contribution in [1.29, 1.82) is 0 Å². The van der Waals surface area contributed by atoms with Gasteiger partial charge in [0.05, 0.1) is 15.7 Å². The number of hydrogen-bond acceptors (Lipinski definition) is 5. The van der Waals surface area contributed by atoms with Crippen LogP contribution in [0.1, 0.15) is 24.3 Å². The molecule has 0 bridgehead atoms. The molecule has 0 radical (unpaired) electrons. The van der Waals surface area contributed by atoms with Gasteiger partial charge in [0.15, 0.2) is 6.10 Å². The Labute approximate surface area is 160 Å². The second kappa shape index (κ2) is 7.68. The zero-order chi connectivity index (χ0) is 18.0. The molecule has 130 valence electrons. The number of pyridine rings is 1. The summed E-state index contributed by atoms with van der Waals surface area (Å²) in [4.78, 5) is 18.4. The maximum absolute atomic E-state index is 13.0. The molecule has 0 unspecified atom stereocenters. The SMILES string of the molecule is CCSc1ccnc(C2=C(NC)O[C@@H](c3ccc(Cl)c(Cl)c3)C2=O)c1. The summed E-state index contributed by atoms with van der Waals surface area (Å²) in [6, 6.07) is 8.88. The monoisotopic (exact) mass is 394 g/mol. The van der Waals surface area contributed by atoms with Crippen molar-refractivity contribution in [3.8, 4) is 0 Å². The van der Waals surface area contributed by atoms with Crippen molar-refractivity contribution in [2.24, 2.45) is 0 Å². The number of rotatable bonds is 5. The Balaban J connectivity index is 1.97. The summed E-state index contributed by atoms with van der Waals surface area (Å²) in [7, 11) is 1.71. The van der Waals surface area contributed by atoms with Crippen molar-refractivity contribution in [3.05, 3.63) is 63.7 Å². The van der Waals surface area contributed by atoms with Crippen LogP contribution in [0.2, 0.25) is 10.0 Å². The fourth-order valence-corrected chi connectivity index (χ4v) is 3.59. The van der Waals surface area contributed by atoms with Crippen LogP contribution in [0.5, 0.6) is 0 Å². The Kier molecular flexibility index (Phi) is 5.57. The predicted octanol–water partition coefficient (Wildman–Crippen LogP) is 4.73. The van der Waals surface area contributed by atoms with Gasteiger partial charge in [-0.2, -0.15) is 0 Å². The highest BCUT2D eigenvalue weighted by Gasteiger charge is 2.37. The van der Waals surface area contributed by atoms with E-state index >= 15 is 0 Å². The summed E-state index contributed by atoms with van der Waals surface area (Å²) in [6.45, 7) is 2.08. The molecule has 25 heavy (non-hydrogen) atoms. The summed E-state index contributed by atoms with van der Waals surface area (Å²) in [5, 5.41) is 3.77. The van der Waals surface area contributed by atoms with E-state index in [0.717, 1.165) is 10.6 Å². The fraction of sp³-hybridized carbons (Fsp3) is 0.222. The normalized spacial score (nSPS) is 17.0. The van der Waals surface area contributed by atoms with E-state index in [1.165, 1.54) is 0 Å². The van der Waals surface area contributed by atoms with Crippen LogP contribution in [0.3, 0.4) is 0 Å². The van der Waals surface area contributed by atoms with E-state index in [4.69, 9.17) is 27.9 Å². The molecule has 3 rings (SSSR count). The smallest absolute Gasteiger partial charge is 0.215 e. The lowest BCUT2D eigenvalue weighted by Gasteiger charge is -2.12. The molecule has 0 spiro atoms. The molecule has 2 aromatic rings. The second-order valence-corrected chi connectivity index (χ2v) is 7.45. The van der Waals surface area contributed by atoms with Gasteiger partial charge in [0, 0.05) is 23.7 Å². The van der Waals surface area contributed by atoms with Crippen LogP contribution in [-0.4, -0.2) is 23.6 Å². The maximum Gasteiger partial charge on any atom is 0.215 e. The predicted molar refractivity (Wildman–Crippen MR) is 102 cm³/mol. The van der Waals surface area contributed by atoms with E-state index < -0.39 is 6.10 Å². The first-order valence-electron chi connectivity index (χ1n) is 7.72. The Hall–Kier alpha value is -1.69. The Bertz CT molecular complexity index is 855. The molecule has 2 heterocycles. The van der Waals surface area contributed by atoms with Crippen LogP contribution in [0.15, 0.2) is 47.3 Å². The van der Waals surface area contributed by atoms with E-state index in [1.54, 1.807) is 43.2 Å². The number of nitrogens with zero attached hydrogens (tertiary/aromatic N) is 1. The minimum Gasteiger partial charge on any atom is -0.462 e. The molecule has 1 aromatic heterocycles. The van der Waals surface area contributed by atoms with Crippen LogP contribution in [0, 0.1) is 0 Å². The van der Waals surface area contributed by atoms with Gasteiger partial charge in [0.25, 0.3) is 0 Å². The highest BCUT2D eigenvalue weighted by Crippen LogP contribution is 2.38. The fourth-order valence-electron chi connectivity index (χ4n) is 2.60. The van der Waals surface area contributed by atoms with E-state index in [1.807, 2.05) is 12.1 Å². The highest BCUT2D eigenvalue weighted by atomic mass is 35.5. The number of ether oxygens (including phenoxy) is 1. The lowest BCUT2D eigenvalue weighted by Crippen LogP contribution is -2.10. The van der Waals surface area contributed by atoms with Gasteiger partial charge >= 0.3 is 0 Å². The Morgan fingerprint density at radius 1 is 1.24 bits per heavy atom. The zero-order valence-corrected chi connectivity index (χ0v) is 16.0. The largest absolute Gasteiger partial charge is 0.462 e. The van der Waals surface area contributed by atoms with Crippen LogP contribution in [0.25, 0.3) is 5.57 Å². The number of ketones is 1. The Morgan fingerprint density at radius 2 is 2.04 bits per heavy atom. The van der Waals surface area contributed by atoms with E-state index in [0.29, 0.717) is 32.8 Å². The summed E-state index contributed by atoms with van der Waals surface area (Å²) in [6.07, 6.45) is 0.935. The second-order valence-electron chi connectivity index (χ2n) is 5.30. The van der Waals surface area contributed by atoms with Crippen molar-refractivity contribution < 1.29 is 9.53 Å². The first-order chi connectivity index (χ1) is 12.0. The topological polar surface area (TPSA) is 51.2 Å². The van der Waals surface area contributed by atoms with E-state index in [-0.39, 0.29) is 5.78 Å². The van der Waals surface area contributed by atoms with Gasteiger partial charge in [-0.1, -0.05) is 36.2 Å². The molecule has 4 nitrogen and oxygen atoms in total. The molecule has 0 amide bonds. The van der Waals surface area contributed by atoms with Crippen molar-refractivity contribution >= 4 is 46.3 Å². The molecule has 0 saturated carbocycles. The van der Waals surface area contributed by atoms with E-state index in [9.17, 15) is 4.79 Å². The van der Waals surface area contributed by atoms with Crippen molar-refractivity contribution in [3.63, 3.8) is 0 Å². The lowest BCUT2D eigenvalue weighted by molar-refractivity contribution is -0.120. The minimum absolute atomic E-state index is 0.158. The molecular weight excluding hydrogens is 379 g/mol. The van der Waals surface area contributed by atoms with Crippen LogP contribution in [0.4, 0.5) is 0 Å². The molecule has 0 fully saturated rings. The number of halogens is 2. The first kappa shape index (κ1) is 18.1. The summed E-state index contributed by atoms with van der Waals surface area (Å²) < 4.78 is 5.84. The molecule has 7 heteroatoms. The summed E-state index contributed by atoms with van der Waals surface area (Å²) >= 11 is 13.7. The number of carbonyl (C=O) groups excluding carboxylic acids is 1. The average Bonchev–Trinajstić information content (AvgIpc) is 2.94. The number of aromatic nitrogens is 1. The average molecular weight is 395 g/mol. The zero-order valence-electron chi connectivity index (χ0n) is 13.7. The third kappa shape index (κ3) is 3.64. The van der Waals surface area contributed by atoms with E-state index in [2.05, 4.69) is 17.2 Å². The van der Waals surface area contributed by atoms with Crippen LogP contribution >= 0.6 is 35.0 Å². The third-order valence-electron chi connectivity index (χ3n) is 3.72. The third-order valence-corrected chi connectivity index (χ3v) is 5.33. The van der Waals surface area contributed by atoms with Gasteiger partial charge in [0.1, 0.15) is 5.57 Å². The number of Topliss-reactive ketones (excluding diaryl/α,β-unsaturated/α-hetero) is 1. The molecule has 1 N–H and O–H groups in total. The lowest BCUT2D eigenvalue weighted by atomic mass is 10.00. The summed E-state index contributed by atoms with van der Waals surface area (Å²) in [5.74, 6) is 1.19. The molecule has 1 aliphatic rings. The van der Waals surface area contributed by atoms with Gasteiger partial charge in [-0.25, -0.2) is 0 Å². The molecule has 1 atom stereocenters. The van der Waals surface area contributed by atoms with Crippen molar-refractivity contribution in [2.45, 2.75) is 17.9 Å². The van der Waals surface area contributed by atoms with Crippen LogP contribution < -0.4 is 5.32 Å². The standard InChI is InChI=1S/C18H16Cl2N2O2S/c1-3-25-11-6-7-22-14(9-11)15-16(23)17(24-18(15)21-2)10-4-5-12(19)13(20)8-10/h4-9,17,21H,3H2,1-2H3/t17-/m0/s1. The summed E-state index contributed by atoms with van der Waals surface area (Å²) in [5.41, 5.74) is 1.69. The molecular formula is C18H16Cl2N2O2S. The molecule has 1 aliphatic heterocycles. The van der Waals surface area contributed by atoms with Crippen molar-refractivity contribution in [2.75, 3.05) is 12.8 Å². The Morgan fingerprint density at radius 3 is 2.72 bits per heavy atom. The van der Waals surface area contributed by atoms with Crippen LogP contribution in [-0.2, 0) is 9.53 Å². The van der Waals surface area contributed by atoms with Gasteiger partial charge in [-0.15, -0.1) is 11.8 Å². The van der Waals surface area contributed by atoms with Gasteiger partial charge in [0.2, 0.25) is 11.7 Å². The quantitative estimate of drug-likeness (QED) is 0.742. The first-order valence-corrected chi connectivity index (χ1v) is 9.46. The van der Waals surface area contributed by atoms with Gasteiger partial charge in [-0.3, -0.25) is 9.78 Å². The maximum atomic E-state index is 13.0. The number of benzene rings is 1. The number of carbonyl (C=O) groups is 1. The van der Waals surface area contributed by atoms with Gasteiger partial charge < -0.3 is 10.1 Å². The minimum atomic E-state index is -0.767. The van der Waals surface area contributed by atoms with Crippen molar-refractivity contribution in [1.82, 2.24) is 10.3 Å². The molecule has 0 saturated heterocycles.